The number of fused-ring (bicyclic) bond motifs is 1. The molecule has 2 aromatic heterocycles. The minimum Gasteiger partial charge on any atom is -0.381 e. The number of aromatic amines is 1. The predicted octanol–water partition coefficient (Wildman–Crippen LogP) is 3.22. The summed E-state index contributed by atoms with van der Waals surface area (Å²) in [4.78, 5) is 28.5. The molecule has 0 spiro atoms. The number of aromatic nitrogens is 4. The van der Waals surface area contributed by atoms with Crippen LogP contribution < -0.4 is 5.32 Å². The number of nitrogens with one attached hydrogen (secondary N) is 2. The van der Waals surface area contributed by atoms with Crippen LogP contribution in [0.4, 0.5) is 20.8 Å². The molecule has 0 bridgehead atoms. The summed E-state index contributed by atoms with van der Waals surface area (Å²) in [6.45, 7) is 13.2. The Bertz CT molecular complexity index is 1150. The van der Waals surface area contributed by atoms with Crippen LogP contribution in [0.2, 0.25) is 0 Å². The van der Waals surface area contributed by atoms with Crippen LogP contribution in [-0.4, -0.2) is 92.9 Å². The standard InChI is InChI=1S/C26H39FN8O3/c1-16-12-34(17(2)11-33(16)13-18-6-8-38-9-7-18)25(36)35-14-19-22(26(35,3)4)31-32-23(19)30-24-20(27)10-28-21(29-24)15-37-5/h10,16-18H,6-9,11-15H2,1-5H3,(H2,28,29,30,31,32)/t16-,17-/m1/s1. The SMILES string of the molecule is COCc1ncc(F)c(Nc2n[nH]c3c2CN(C(=O)N2C[C@@H](C)N(CC4CCOCC4)C[C@H]2C)C3(C)C)n1. The number of ether oxygens (including phenoxy) is 2. The summed E-state index contributed by atoms with van der Waals surface area (Å²) < 4.78 is 25.1. The number of amides is 2. The van der Waals surface area contributed by atoms with Crippen LogP contribution in [0.25, 0.3) is 0 Å². The quantitative estimate of drug-likeness (QED) is 0.586. The first-order chi connectivity index (χ1) is 18.2. The number of halogens is 1. The van der Waals surface area contributed by atoms with Crippen molar-refractivity contribution in [3.05, 3.63) is 29.1 Å². The minimum absolute atomic E-state index is 0.00575. The molecule has 2 saturated heterocycles. The summed E-state index contributed by atoms with van der Waals surface area (Å²) in [6, 6.07) is 0.381. The summed E-state index contributed by atoms with van der Waals surface area (Å²) in [7, 11) is 1.53. The number of hydrogen-bond acceptors (Lipinski definition) is 8. The van der Waals surface area contributed by atoms with E-state index in [-0.39, 0.29) is 30.5 Å². The number of H-pyrrole nitrogens is 1. The average Bonchev–Trinajstić information content (AvgIpc) is 3.41. The highest BCUT2D eigenvalue weighted by Crippen LogP contribution is 2.42. The maximum Gasteiger partial charge on any atom is 0.321 e. The molecule has 12 heteroatoms. The highest BCUT2D eigenvalue weighted by molar-refractivity contribution is 5.78. The molecule has 2 fully saturated rings. The number of urea groups is 1. The van der Waals surface area contributed by atoms with E-state index in [1.807, 2.05) is 23.6 Å². The summed E-state index contributed by atoms with van der Waals surface area (Å²) in [5.74, 6) is 0.902. The van der Waals surface area contributed by atoms with E-state index in [9.17, 15) is 9.18 Å². The third kappa shape index (κ3) is 5.08. The molecule has 0 saturated carbocycles. The van der Waals surface area contributed by atoms with E-state index in [0.29, 0.717) is 30.6 Å². The van der Waals surface area contributed by atoms with Gasteiger partial charge in [-0.05, 0) is 46.5 Å². The van der Waals surface area contributed by atoms with Crippen molar-refractivity contribution in [3.8, 4) is 0 Å². The van der Waals surface area contributed by atoms with Crippen molar-refractivity contribution < 1.29 is 18.7 Å². The minimum atomic E-state index is -0.604. The summed E-state index contributed by atoms with van der Waals surface area (Å²) in [5.41, 5.74) is 1.06. The van der Waals surface area contributed by atoms with Crippen molar-refractivity contribution in [2.24, 2.45) is 5.92 Å². The number of methoxy groups -OCH3 is 1. The molecule has 2 N–H and O–H groups in total. The van der Waals surface area contributed by atoms with E-state index in [0.717, 1.165) is 56.6 Å². The second-order valence-corrected chi connectivity index (χ2v) is 11.3. The van der Waals surface area contributed by atoms with Gasteiger partial charge >= 0.3 is 6.03 Å². The lowest BCUT2D eigenvalue weighted by atomic mass is 9.97. The monoisotopic (exact) mass is 530 g/mol. The molecule has 2 amide bonds. The topological polar surface area (TPSA) is 112 Å². The molecule has 0 radical (unpaired) electrons. The molecule has 5 rings (SSSR count). The maximum atomic E-state index is 14.5. The first-order valence-electron chi connectivity index (χ1n) is 13.4. The second kappa shape index (κ2) is 10.7. The van der Waals surface area contributed by atoms with Crippen molar-refractivity contribution >= 4 is 17.7 Å². The molecule has 11 nitrogen and oxygen atoms in total. The van der Waals surface area contributed by atoms with Gasteiger partial charge in [-0.2, -0.15) is 5.10 Å². The van der Waals surface area contributed by atoms with E-state index >= 15 is 0 Å². The predicted molar refractivity (Wildman–Crippen MR) is 139 cm³/mol. The molecule has 5 heterocycles. The van der Waals surface area contributed by atoms with E-state index in [1.165, 1.54) is 7.11 Å². The summed E-state index contributed by atoms with van der Waals surface area (Å²) in [6.07, 6.45) is 3.33. The van der Waals surface area contributed by atoms with Gasteiger partial charge in [0.05, 0.1) is 24.0 Å². The molecule has 0 unspecified atom stereocenters. The van der Waals surface area contributed by atoms with Gasteiger partial charge in [0.2, 0.25) is 0 Å². The van der Waals surface area contributed by atoms with Gasteiger partial charge in [-0.1, -0.05) is 0 Å². The third-order valence-corrected chi connectivity index (χ3v) is 8.20. The van der Waals surface area contributed by atoms with E-state index < -0.39 is 11.4 Å². The number of anilines is 2. The number of rotatable bonds is 6. The van der Waals surface area contributed by atoms with Crippen LogP contribution in [0.5, 0.6) is 0 Å². The normalized spacial score (nSPS) is 24.1. The molecule has 3 aliphatic rings. The molecule has 38 heavy (non-hydrogen) atoms. The lowest BCUT2D eigenvalue weighted by molar-refractivity contribution is 0.00882. The number of hydrogen-bond donors (Lipinski definition) is 2. The largest absolute Gasteiger partial charge is 0.381 e. The maximum absolute atomic E-state index is 14.5. The van der Waals surface area contributed by atoms with Crippen LogP contribution in [0.3, 0.4) is 0 Å². The zero-order valence-corrected chi connectivity index (χ0v) is 23.0. The Hall–Kier alpha value is -2.83. The van der Waals surface area contributed by atoms with Gasteiger partial charge < -0.3 is 24.6 Å². The highest BCUT2D eigenvalue weighted by Gasteiger charge is 2.47. The second-order valence-electron chi connectivity index (χ2n) is 11.3. The van der Waals surface area contributed by atoms with Gasteiger partial charge in [0.25, 0.3) is 0 Å². The summed E-state index contributed by atoms with van der Waals surface area (Å²) in [5, 5.41) is 10.5. The lowest BCUT2D eigenvalue weighted by Crippen LogP contribution is -2.62. The smallest absolute Gasteiger partial charge is 0.321 e. The fourth-order valence-electron chi connectivity index (χ4n) is 5.86. The molecule has 0 aliphatic carbocycles. The van der Waals surface area contributed by atoms with Crippen molar-refractivity contribution in [1.82, 2.24) is 34.9 Å². The third-order valence-electron chi connectivity index (χ3n) is 8.20. The van der Waals surface area contributed by atoms with Crippen LogP contribution >= 0.6 is 0 Å². The van der Waals surface area contributed by atoms with E-state index in [1.54, 1.807) is 0 Å². The van der Waals surface area contributed by atoms with Crippen LogP contribution in [0.15, 0.2) is 6.20 Å². The Kier molecular flexibility index (Phi) is 7.56. The van der Waals surface area contributed by atoms with Crippen LogP contribution in [0, 0.1) is 11.7 Å². The van der Waals surface area contributed by atoms with Gasteiger partial charge in [0, 0.05) is 57.6 Å². The molecular weight excluding hydrogens is 491 g/mol. The van der Waals surface area contributed by atoms with Crippen molar-refractivity contribution in [1.29, 1.82) is 0 Å². The number of nitrogens with zero attached hydrogens (tertiary/aromatic N) is 6. The number of carbonyl (C=O) groups excluding carboxylic acids is 1. The lowest BCUT2D eigenvalue weighted by Gasteiger charge is -2.47. The summed E-state index contributed by atoms with van der Waals surface area (Å²) >= 11 is 0. The van der Waals surface area contributed by atoms with Crippen LogP contribution in [0.1, 0.15) is 57.6 Å². The first-order valence-corrected chi connectivity index (χ1v) is 13.4. The van der Waals surface area contributed by atoms with E-state index in [4.69, 9.17) is 9.47 Å². The number of piperazine rings is 1. The van der Waals surface area contributed by atoms with Gasteiger partial charge in [-0.15, -0.1) is 0 Å². The molecule has 208 valence electrons. The van der Waals surface area contributed by atoms with Crippen molar-refractivity contribution in [2.75, 3.05) is 45.3 Å². The van der Waals surface area contributed by atoms with Gasteiger partial charge in [0.1, 0.15) is 6.61 Å². The Balaban J connectivity index is 1.29. The van der Waals surface area contributed by atoms with Gasteiger partial charge in [0.15, 0.2) is 23.3 Å². The molecule has 2 atom stereocenters. The fourth-order valence-corrected chi connectivity index (χ4v) is 5.86. The Morgan fingerprint density at radius 3 is 2.74 bits per heavy atom. The van der Waals surface area contributed by atoms with E-state index in [2.05, 4.69) is 44.2 Å². The van der Waals surface area contributed by atoms with Crippen molar-refractivity contribution in [3.63, 3.8) is 0 Å². The van der Waals surface area contributed by atoms with Gasteiger partial charge in [-0.3, -0.25) is 10.00 Å². The van der Waals surface area contributed by atoms with Crippen LogP contribution in [-0.2, 0) is 28.2 Å². The number of carbonyl (C=O) groups is 1. The molecular formula is C26H39FN8O3. The van der Waals surface area contributed by atoms with Crippen molar-refractivity contribution in [2.45, 2.75) is 71.3 Å². The first kappa shape index (κ1) is 26.8. The zero-order chi connectivity index (χ0) is 27.0. The molecule has 3 aliphatic heterocycles. The molecule has 2 aromatic rings. The highest BCUT2D eigenvalue weighted by atomic mass is 19.1. The Morgan fingerprint density at radius 1 is 1.24 bits per heavy atom. The Morgan fingerprint density at radius 2 is 2.00 bits per heavy atom. The average molecular weight is 531 g/mol. The zero-order valence-electron chi connectivity index (χ0n) is 23.0. The fraction of sp³-hybridized carbons (Fsp3) is 0.692. The van der Waals surface area contributed by atoms with Gasteiger partial charge in [-0.25, -0.2) is 19.2 Å². The Labute approximate surface area is 223 Å². The molecule has 0 aromatic carbocycles.